The third-order valence-electron chi connectivity index (χ3n) is 5.14. The maximum absolute atomic E-state index is 13.5. The zero-order chi connectivity index (χ0) is 22.7. The summed E-state index contributed by atoms with van der Waals surface area (Å²) in [6.45, 7) is 2.90. The van der Waals surface area contributed by atoms with Gasteiger partial charge in [0.2, 0.25) is 0 Å². The molecule has 0 spiro atoms. The monoisotopic (exact) mass is 469 g/mol. The Morgan fingerprint density at radius 3 is 2.78 bits per heavy atom. The molecule has 6 nitrogen and oxygen atoms in total. The van der Waals surface area contributed by atoms with Gasteiger partial charge in [0.25, 0.3) is 11.5 Å². The van der Waals surface area contributed by atoms with Crippen molar-refractivity contribution in [3.05, 3.63) is 71.5 Å². The Labute approximate surface area is 191 Å². The van der Waals surface area contributed by atoms with Gasteiger partial charge in [-0.2, -0.15) is 5.26 Å². The van der Waals surface area contributed by atoms with Crippen LogP contribution in [0.1, 0.15) is 23.3 Å². The van der Waals surface area contributed by atoms with E-state index in [1.165, 1.54) is 40.2 Å². The van der Waals surface area contributed by atoms with Gasteiger partial charge in [-0.15, -0.1) is 22.7 Å². The minimum atomic E-state index is -0.570. The number of hydrogen-bond acceptors (Lipinski definition) is 6. The van der Waals surface area contributed by atoms with E-state index in [-0.39, 0.29) is 21.9 Å². The van der Waals surface area contributed by atoms with E-state index in [0.29, 0.717) is 23.4 Å². The number of thiophene rings is 1. The van der Waals surface area contributed by atoms with Crippen molar-refractivity contribution < 1.29 is 13.9 Å². The van der Waals surface area contributed by atoms with Crippen LogP contribution in [0, 0.1) is 24.1 Å². The van der Waals surface area contributed by atoms with Gasteiger partial charge in [-0.3, -0.25) is 14.2 Å². The highest BCUT2D eigenvalue weighted by Gasteiger charge is 2.20. The molecule has 1 N–H and O–H groups in total. The van der Waals surface area contributed by atoms with Crippen molar-refractivity contribution in [2.75, 3.05) is 13.2 Å². The number of thiazole rings is 1. The van der Waals surface area contributed by atoms with Gasteiger partial charge in [-0.1, -0.05) is 0 Å². The van der Waals surface area contributed by atoms with Gasteiger partial charge in [0.05, 0.1) is 16.3 Å². The molecule has 1 amide bonds. The Hall–Kier alpha value is -3.06. The summed E-state index contributed by atoms with van der Waals surface area (Å²) in [5.74, 6) is -1.02. The molecule has 3 heterocycles. The summed E-state index contributed by atoms with van der Waals surface area (Å²) in [4.78, 5) is 27.1. The summed E-state index contributed by atoms with van der Waals surface area (Å²) >= 11 is 2.56. The van der Waals surface area contributed by atoms with Gasteiger partial charge in [-0.05, 0) is 67.1 Å². The number of aryl methyl sites for hydroxylation is 1. The third kappa shape index (κ3) is 4.58. The second kappa shape index (κ2) is 9.61. The van der Waals surface area contributed by atoms with Crippen LogP contribution < -0.4 is 20.1 Å². The molecule has 0 radical (unpaired) electrons. The fourth-order valence-electron chi connectivity index (χ4n) is 3.42. The molecule has 164 valence electrons. The molecule has 0 bridgehead atoms. The largest absolute Gasteiger partial charge is 0.376 e. The number of aromatic nitrogens is 1. The lowest BCUT2D eigenvalue weighted by Crippen LogP contribution is -2.36. The van der Waals surface area contributed by atoms with Gasteiger partial charge in [0, 0.05) is 18.0 Å². The van der Waals surface area contributed by atoms with Crippen LogP contribution in [-0.2, 0) is 9.53 Å². The first kappa shape index (κ1) is 22.1. The lowest BCUT2D eigenvalue weighted by Gasteiger charge is -2.10. The van der Waals surface area contributed by atoms with Crippen LogP contribution in [0.3, 0.4) is 0 Å². The highest BCUT2D eigenvalue weighted by molar-refractivity contribution is 7.11. The Bertz CT molecular complexity index is 1360. The standard InChI is InChI=1S/C23H20FN3O3S2/c1-14-8-10-31-19(14)11-20-22(29)27(16-6-4-15(24)5-7-16)23(32-20)18(12-25)21(28)26-13-17-3-2-9-30-17/h4-8,10-11,17H,2-3,9,13H2,1H3,(H,26,28)/b20-11+,23-18-. The fourth-order valence-corrected chi connectivity index (χ4v) is 5.44. The predicted molar refractivity (Wildman–Crippen MR) is 123 cm³/mol. The summed E-state index contributed by atoms with van der Waals surface area (Å²) in [6, 6.07) is 9.28. The summed E-state index contributed by atoms with van der Waals surface area (Å²) in [6.07, 6.45) is 3.47. The van der Waals surface area contributed by atoms with E-state index in [4.69, 9.17) is 4.74 Å². The fraction of sp³-hybridized carbons (Fsp3) is 0.261. The van der Waals surface area contributed by atoms with Crippen LogP contribution in [0.15, 0.2) is 40.5 Å². The second-order valence-electron chi connectivity index (χ2n) is 7.33. The highest BCUT2D eigenvalue weighted by Crippen LogP contribution is 2.16. The van der Waals surface area contributed by atoms with E-state index < -0.39 is 11.7 Å². The number of carbonyl (C=O) groups is 1. The number of halogens is 1. The van der Waals surface area contributed by atoms with Gasteiger partial charge in [0.15, 0.2) is 5.57 Å². The zero-order valence-electron chi connectivity index (χ0n) is 17.3. The van der Waals surface area contributed by atoms with Crippen LogP contribution in [0.2, 0.25) is 0 Å². The number of nitriles is 1. The minimum Gasteiger partial charge on any atom is -0.376 e. The molecule has 1 fully saturated rings. The van der Waals surface area contributed by atoms with Crippen molar-refractivity contribution in [1.29, 1.82) is 5.26 Å². The number of rotatable bonds is 5. The smallest absolute Gasteiger partial charge is 0.273 e. The van der Waals surface area contributed by atoms with E-state index in [0.717, 1.165) is 34.6 Å². The van der Waals surface area contributed by atoms with Gasteiger partial charge in [0.1, 0.15) is 16.5 Å². The van der Waals surface area contributed by atoms with Crippen molar-refractivity contribution in [1.82, 2.24) is 9.88 Å². The topological polar surface area (TPSA) is 84.1 Å². The molecular formula is C23H20FN3O3S2. The Morgan fingerprint density at radius 2 is 2.16 bits per heavy atom. The van der Waals surface area contributed by atoms with E-state index in [2.05, 4.69) is 5.32 Å². The van der Waals surface area contributed by atoms with E-state index >= 15 is 0 Å². The molecule has 3 aromatic rings. The van der Waals surface area contributed by atoms with Crippen molar-refractivity contribution >= 4 is 40.2 Å². The lowest BCUT2D eigenvalue weighted by molar-refractivity contribution is -0.116. The second-order valence-corrected chi connectivity index (χ2v) is 9.31. The number of nitrogens with one attached hydrogen (secondary N) is 1. The first-order valence-electron chi connectivity index (χ1n) is 10.1. The Kier molecular flexibility index (Phi) is 6.65. The summed E-state index contributed by atoms with van der Waals surface area (Å²) < 4.78 is 20.9. The van der Waals surface area contributed by atoms with Crippen LogP contribution in [0.5, 0.6) is 0 Å². The molecule has 1 unspecified atom stereocenters. The number of carbonyl (C=O) groups excluding carboxylic acids is 1. The number of hydrogen-bond donors (Lipinski definition) is 1. The minimum absolute atomic E-state index is 0.0766. The van der Waals surface area contributed by atoms with Crippen LogP contribution in [-0.4, -0.2) is 29.7 Å². The Morgan fingerprint density at radius 1 is 1.38 bits per heavy atom. The van der Waals surface area contributed by atoms with Gasteiger partial charge in [-0.25, -0.2) is 4.39 Å². The first-order chi connectivity index (χ1) is 15.5. The summed E-state index contributed by atoms with van der Waals surface area (Å²) in [5.41, 5.74) is 0.863. The van der Waals surface area contributed by atoms with Crippen LogP contribution >= 0.6 is 22.7 Å². The number of benzene rings is 1. The van der Waals surface area contributed by atoms with E-state index in [1.807, 2.05) is 24.4 Å². The van der Waals surface area contributed by atoms with Crippen molar-refractivity contribution in [2.24, 2.45) is 0 Å². The normalized spacial score (nSPS) is 17.3. The number of nitrogens with zero attached hydrogens (tertiary/aromatic N) is 2. The van der Waals surface area contributed by atoms with E-state index in [9.17, 15) is 19.2 Å². The molecule has 1 aliphatic heterocycles. The summed E-state index contributed by atoms with van der Waals surface area (Å²) in [5, 5.41) is 14.5. The molecule has 0 saturated carbocycles. The number of amides is 1. The molecule has 1 atom stereocenters. The molecule has 32 heavy (non-hydrogen) atoms. The molecule has 0 aliphatic carbocycles. The van der Waals surface area contributed by atoms with Gasteiger partial charge < -0.3 is 10.1 Å². The molecule has 1 saturated heterocycles. The maximum Gasteiger partial charge on any atom is 0.273 e. The van der Waals surface area contributed by atoms with Gasteiger partial charge >= 0.3 is 0 Å². The quantitative estimate of drug-likeness (QED) is 0.621. The molecular weight excluding hydrogens is 449 g/mol. The summed E-state index contributed by atoms with van der Waals surface area (Å²) in [7, 11) is 0. The van der Waals surface area contributed by atoms with Crippen LogP contribution in [0.25, 0.3) is 17.3 Å². The molecule has 9 heteroatoms. The SMILES string of the molecule is Cc1ccsc1/C=c1/s/c(=C(/C#N)C(=O)NCC2CCCO2)n(-c2ccc(F)cc2)c1=O. The average molecular weight is 470 g/mol. The van der Waals surface area contributed by atoms with Crippen molar-refractivity contribution in [3.8, 4) is 11.8 Å². The Balaban J connectivity index is 1.87. The molecule has 4 rings (SSSR count). The predicted octanol–water partition coefficient (Wildman–Crippen LogP) is 2.21. The van der Waals surface area contributed by atoms with Crippen molar-refractivity contribution in [2.45, 2.75) is 25.9 Å². The molecule has 1 aromatic carbocycles. The van der Waals surface area contributed by atoms with Crippen molar-refractivity contribution in [3.63, 3.8) is 0 Å². The van der Waals surface area contributed by atoms with E-state index in [1.54, 1.807) is 6.08 Å². The first-order valence-corrected chi connectivity index (χ1v) is 11.8. The molecule has 2 aromatic heterocycles. The highest BCUT2D eigenvalue weighted by atomic mass is 32.1. The van der Waals surface area contributed by atoms with Crippen LogP contribution in [0.4, 0.5) is 4.39 Å². The third-order valence-corrected chi connectivity index (χ3v) is 7.20. The average Bonchev–Trinajstić information content (AvgIpc) is 3.51. The number of ether oxygens (including phenoxy) is 1. The zero-order valence-corrected chi connectivity index (χ0v) is 18.9. The molecule has 1 aliphatic rings. The lowest BCUT2D eigenvalue weighted by atomic mass is 10.2. The maximum atomic E-state index is 13.5.